The Labute approximate surface area is 117 Å². The zero-order chi connectivity index (χ0) is 14.8. The van der Waals surface area contributed by atoms with Gasteiger partial charge in [-0.1, -0.05) is 11.6 Å². The van der Waals surface area contributed by atoms with Gasteiger partial charge in [-0.3, -0.25) is 0 Å². The molecule has 0 amide bonds. The molecule has 2 aromatic rings. The minimum absolute atomic E-state index is 0.0104. The second kappa shape index (κ2) is 5.50. The van der Waals surface area contributed by atoms with E-state index in [0.717, 1.165) is 6.07 Å². The topological polar surface area (TPSA) is 50.7 Å². The molecule has 3 nitrogen and oxygen atoms in total. The van der Waals surface area contributed by atoms with Crippen molar-refractivity contribution in [2.75, 3.05) is 5.73 Å². The Morgan fingerprint density at radius 2 is 1.60 bits per heavy atom. The van der Waals surface area contributed by atoms with Gasteiger partial charge in [0.25, 0.3) is 0 Å². The standard InChI is InChI=1S/C13H9ClF3N3/c14-8-1-6-12(11(7-8)13(15,16)17)20-19-10-4-2-9(18)3-5-10/h1-7H,18H2/b20-19+. The van der Waals surface area contributed by atoms with Gasteiger partial charge >= 0.3 is 6.18 Å². The maximum absolute atomic E-state index is 12.8. The van der Waals surface area contributed by atoms with Crippen LogP contribution in [0.1, 0.15) is 5.56 Å². The predicted molar refractivity (Wildman–Crippen MR) is 71.5 cm³/mol. The molecular weight excluding hydrogens is 291 g/mol. The fraction of sp³-hybridized carbons (Fsp3) is 0.0769. The summed E-state index contributed by atoms with van der Waals surface area (Å²) >= 11 is 5.57. The van der Waals surface area contributed by atoms with E-state index in [1.165, 1.54) is 12.1 Å². The van der Waals surface area contributed by atoms with E-state index < -0.39 is 11.7 Å². The minimum atomic E-state index is -4.54. The Morgan fingerprint density at radius 1 is 0.950 bits per heavy atom. The summed E-state index contributed by atoms with van der Waals surface area (Å²) in [5.74, 6) is 0. The number of benzene rings is 2. The predicted octanol–water partition coefficient (Wildman–Crippen LogP) is 5.36. The maximum atomic E-state index is 12.8. The van der Waals surface area contributed by atoms with Crippen molar-refractivity contribution in [2.45, 2.75) is 6.18 Å². The molecule has 0 bridgehead atoms. The van der Waals surface area contributed by atoms with Crippen LogP contribution in [0.25, 0.3) is 0 Å². The Balaban J connectivity index is 2.36. The monoisotopic (exact) mass is 299 g/mol. The molecule has 0 unspecified atom stereocenters. The molecule has 0 spiro atoms. The summed E-state index contributed by atoms with van der Waals surface area (Å²) in [4.78, 5) is 0. The van der Waals surface area contributed by atoms with Gasteiger partial charge in [0.1, 0.15) is 0 Å². The van der Waals surface area contributed by atoms with E-state index in [2.05, 4.69) is 10.2 Å². The number of alkyl halides is 3. The van der Waals surface area contributed by atoms with Crippen LogP contribution in [0, 0.1) is 0 Å². The van der Waals surface area contributed by atoms with Crippen molar-refractivity contribution in [1.82, 2.24) is 0 Å². The number of nitrogens with two attached hydrogens (primary N) is 1. The molecule has 104 valence electrons. The average Bonchev–Trinajstić information content (AvgIpc) is 2.38. The molecular formula is C13H9ClF3N3. The summed E-state index contributed by atoms with van der Waals surface area (Å²) in [6.45, 7) is 0. The third-order valence-corrected chi connectivity index (χ3v) is 2.67. The molecule has 0 aliphatic carbocycles. The maximum Gasteiger partial charge on any atom is 0.418 e. The number of hydrogen-bond donors (Lipinski definition) is 1. The molecule has 0 fully saturated rings. The highest BCUT2D eigenvalue weighted by atomic mass is 35.5. The molecule has 2 N–H and O–H groups in total. The van der Waals surface area contributed by atoms with Gasteiger partial charge in [-0.15, -0.1) is 5.11 Å². The largest absolute Gasteiger partial charge is 0.418 e. The first-order valence-electron chi connectivity index (χ1n) is 5.50. The molecule has 2 aromatic carbocycles. The number of halogens is 4. The average molecular weight is 300 g/mol. The van der Waals surface area contributed by atoms with E-state index in [9.17, 15) is 13.2 Å². The lowest BCUT2D eigenvalue weighted by Gasteiger charge is -2.09. The second-order valence-corrected chi connectivity index (χ2v) is 4.39. The Bertz CT molecular complexity index is 636. The van der Waals surface area contributed by atoms with Crippen LogP contribution < -0.4 is 5.73 Å². The lowest BCUT2D eigenvalue weighted by Crippen LogP contribution is -2.04. The molecule has 0 aliphatic rings. The number of anilines is 1. The van der Waals surface area contributed by atoms with E-state index in [0.29, 0.717) is 11.4 Å². The van der Waals surface area contributed by atoms with E-state index in [1.54, 1.807) is 24.3 Å². The molecule has 2 rings (SSSR count). The Kier molecular flexibility index (Phi) is 3.94. The molecule has 7 heteroatoms. The van der Waals surface area contributed by atoms with Gasteiger partial charge in [-0.05, 0) is 42.5 Å². The molecule has 0 aliphatic heterocycles. The molecule has 0 aromatic heterocycles. The van der Waals surface area contributed by atoms with Crippen molar-refractivity contribution in [1.29, 1.82) is 0 Å². The van der Waals surface area contributed by atoms with Gasteiger partial charge < -0.3 is 5.73 Å². The summed E-state index contributed by atoms with van der Waals surface area (Å²) in [6.07, 6.45) is -4.54. The summed E-state index contributed by atoms with van der Waals surface area (Å²) in [5.41, 5.74) is 5.22. The van der Waals surface area contributed by atoms with E-state index >= 15 is 0 Å². The number of rotatable bonds is 2. The highest BCUT2D eigenvalue weighted by Crippen LogP contribution is 2.38. The van der Waals surface area contributed by atoms with Gasteiger partial charge in [0, 0.05) is 10.7 Å². The summed E-state index contributed by atoms with van der Waals surface area (Å²) < 4.78 is 38.5. The third kappa shape index (κ3) is 3.48. The van der Waals surface area contributed by atoms with Crippen molar-refractivity contribution in [3.8, 4) is 0 Å². The zero-order valence-electron chi connectivity index (χ0n) is 10.0. The first-order chi connectivity index (χ1) is 9.36. The van der Waals surface area contributed by atoms with E-state index in [4.69, 9.17) is 17.3 Å². The van der Waals surface area contributed by atoms with Crippen molar-refractivity contribution in [3.05, 3.63) is 53.1 Å². The minimum Gasteiger partial charge on any atom is -0.399 e. The lowest BCUT2D eigenvalue weighted by molar-refractivity contribution is -0.137. The summed E-state index contributed by atoms with van der Waals surface area (Å²) in [5, 5.41) is 7.36. The van der Waals surface area contributed by atoms with Gasteiger partial charge in [-0.25, -0.2) is 0 Å². The van der Waals surface area contributed by atoms with Crippen LogP contribution in [0.5, 0.6) is 0 Å². The first kappa shape index (κ1) is 14.3. The highest BCUT2D eigenvalue weighted by Gasteiger charge is 2.33. The number of hydrogen-bond acceptors (Lipinski definition) is 3. The van der Waals surface area contributed by atoms with Gasteiger partial charge in [-0.2, -0.15) is 18.3 Å². The summed E-state index contributed by atoms with van der Waals surface area (Å²) in [7, 11) is 0. The fourth-order valence-electron chi connectivity index (χ4n) is 1.48. The third-order valence-electron chi connectivity index (χ3n) is 2.43. The van der Waals surface area contributed by atoms with Crippen LogP contribution in [0.3, 0.4) is 0 Å². The van der Waals surface area contributed by atoms with Gasteiger partial charge in [0.15, 0.2) is 0 Å². The molecule has 0 saturated carbocycles. The number of azo groups is 1. The highest BCUT2D eigenvalue weighted by molar-refractivity contribution is 6.30. The van der Waals surface area contributed by atoms with Crippen molar-refractivity contribution in [3.63, 3.8) is 0 Å². The van der Waals surface area contributed by atoms with Crippen molar-refractivity contribution in [2.24, 2.45) is 10.2 Å². The zero-order valence-corrected chi connectivity index (χ0v) is 10.8. The lowest BCUT2D eigenvalue weighted by atomic mass is 10.2. The number of nitrogen functional groups attached to an aromatic ring is 1. The molecule has 0 heterocycles. The van der Waals surface area contributed by atoms with Crippen LogP contribution in [-0.4, -0.2) is 0 Å². The van der Waals surface area contributed by atoms with Crippen molar-refractivity contribution >= 4 is 28.7 Å². The van der Waals surface area contributed by atoms with E-state index in [-0.39, 0.29) is 10.7 Å². The smallest absolute Gasteiger partial charge is 0.399 e. The van der Waals surface area contributed by atoms with Crippen LogP contribution >= 0.6 is 11.6 Å². The van der Waals surface area contributed by atoms with Crippen LogP contribution in [-0.2, 0) is 6.18 Å². The number of nitrogens with zero attached hydrogens (tertiary/aromatic N) is 2. The Hall–Kier alpha value is -2.08. The van der Waals surface area contributed by atoms with Crippen molar-refractivity contribution < 1.29 is 13.2 Å². The molecule has 0 saturated heterocycles. The summed E-state index contributed by atoms with van der Waals surface area (Å²) in [6, 6.07) is 9.60. The second-order valence-electron chi connectivity index (χ2n) is 3.95. The van der Waals surface area contributed by atoms with Crippen LogP contribution in [0.2, 0.25) is 5.02 Å². The van der Waals surface area contributed by atoms with Gasteiger partial charge in [0.05, 0.1) is 16.9 Å². The first-order valence-corrected chi connectivity index (χ1v) is 5.88. The molecule has 0 atom stereocenters. The SMILES string of the molecule is Nc1ccc(/N=N/c2ccc(Cl)cc2C(F)(F)F)cc1. The van der Waals surface area contributed by atoms with Crippen LogP contribution in [0.15, 0.2) is 52.7 Å². The fourth-order valence-corrected chi connectivity index (χ4v) is 1.65. The van der Waals surface area contributed by atoms with Crippen LogP contribution in [0.4, 0.5) is 30.2 Å². The Morgan fingerprint density at radius 3 is 2.20 bits per heavy atom. The normalized spacial score (nSPS) is 12.0. The molecule has 20 heavy (non-hydrogen) atoms. The quantitative estimate of drug-likeness (QED) is 0.589. The van der Waals surface area contributed by atoms with E-state index in [1.807, 2.05) is 0 Å². The molecule has 0 radical (unpaired) electrons. The van der Waals surface area contributed by atoms with Gasteiger partial charge in [0.2, 0.25) is 0 Å².